The SMILES string of the molecule is C[C@H]1C[C@H](C)CN(c2cc(SCC(=O)NCc3ccc4c(c3)OCO4)ncn2)C1. The molecular formula is C21H26N4O3S. The Kier molecular flexibility index (Phi) is 6.08. The number of carbonyl (C=O) groups excluding carboxylic acids is 1. The lowest BCUT2D eigenvalue weighted by Crippen LogP contribution is -2.39. The van der Waals surface area contributed by atoms with Crippen molar-refractivity contribution < 1.29 is 14.3 Å². The molecule has 1 saturated heterocycles. The standard InChI is InChI=1S/C21H26N4O3S/c1-14-5-15(2)10-25(9-14)19-7-21(24-12-23-19)29-11-20(26)22-8-16-3-4-17-18(6-16)28-13-27-17/h3-4,6-7,12,14-15H,5,8-11,13H2,1-2H3,(H,22,26)/t14-,15-/m0/s1. The van der Waals surface area contributed by atoms with Crippen LogP contribution in [0.3, 0.4) is 0 Å². The summed E-state index contributed by atoms with van der Waals surface area (Å²) >= 11 is 1.43. The van der Waals surface area contributed by atoms with Crippen molar-refractivity contribution in [1.29, 1.82) is 0 Å². The number of ether oxygens (including phenoxy) is 2. The zero-order chi connectivity index (χ0) is 20.2. The minimum atomic E-state index is -0.0342. The van der Waals surface area contributed by atoms with E-state index in [0.717, 1.165) is 41.0 Å². The number of nitrogens with one attached hydrogen (secondary N) is 1. The number of nitrogens with zero attached hydrogens (tertiary/aromatic N) is 3. The summed E-state index contributed by atoms with van der Waals surface area (Å²) in [4.78, 5) is 23.3. The Balaban J connectivity index is 1.28. The Labute approximate surface area is 175 Å². The summed E-state index contributed by atoms with van der Waals surface area (Å²) < 4.78 is 10.7. The molecule has 1 N–H and O–H groups in total. The highest BCUT2D eigenvalue weighted by Crippen LogP contribution is 2.32. The van der Waals surface area contributed by atoms with Crippen molar-refractivity contribution in [2.24, 2.45) is 11.8 Å². The Morgan fingerprint density at radius 2 is 1.97 bits per heavy atom. The predicted octanol–water partition coefficient (Wildman–Crippen LogP) is 3.10. The first-order valence-corrected chi connectivity index (χ1v) is 10.9. The van der Waals surface area contributed by atoms with E-state index in [-0.39, 0.29) is 12.7 Å². The molecule has 3 heterocycles. The molecule has 1 amide bonds. The molecule has 0 radical (unpaired) electrons. The average Bonchev–Trinajstić information content (AvgIpc) is 3.18. The van der Waals surface area contributed by atoms with Gasteiger partial charge in [0.25, 0.3) is 0 Å². The number of amides is 1. The highest BCUT2D eigenvalue weighted by molar-refractivity contribution is 7.99. The van der Waals surface area contributed by atoms with Gasteiger partial charge in [0.05, 0.1) is 5.75 Å². The van der Waals surface area contributed by atoms with Crippen LogP contribution in [0.4, 0.5) is 5.82 Å². The molecule has 0 spiro atoms. The summed E-state index contributed by atoms with van der Waals surface area (Å²) in [5.74, 6) is 4.01. The number of hydrogen-bond acceptors (Lipinski definition) is 7. The molecule has 154 valence electrons. The Morgan fingerprint density at radius 3 is 2.79 bits per heavy atom. The quantitative estimate of drug-likeness (QED) is 0.575. The van der Waals surface area contributed by atoms with Crippen LogP contribution in [0.2, 0.25) is 0 Å². The molecule has 29 heavy (non-hydrogen) atoms. The number of anilines is 1. The van der Waals surface area contributed by atoms with Gasteiger partial charge in [-0.05, 0) is 36.0 Å². The maximum absolute atomic E-state index is 12.3. The summed E-state index contributed by atoms with van der Waals surface area (Å²) in [7, 11) is 0. The Hall–Kier alpha value is -2.48. The van der Waals surface area contributed by atoms with Crippen molar-refractivity contribution in [2.75, 3.05) is 30.5 Å². The van der Waals surface area contributed by atoms with Crippen LogP contribution in [-0.4, -0.2) is 41.5 Å². The van der Waals surface area contributed by atoms with Crippen molar-refractivity contribution in [3.05, 3.63) is 36.2 Å². The Morgan fingerprint density at radius 1 is 1.17 bits per heavy atom. The van der Waals surface area contributed by atoms with Gasteiger partial charge < -0.3 is 19.7 Å². The van der Waals surface area contributed by atoms with E-state index in [9.17, 15) is 4.79 Å². The van der Waals surface area contributed by atoms with Crippen LogP contribution in [0.5, 0.6) is 11.5 Å². The smallest absolute Gasteiger partial charge is 0.231 e. The third kappa shape index (κ3) is 5.12. The molecule has 1 aromatic heterocycles. The van der Waals surface area contributed by atoms with Gasteiger partial charge in [0.1, 0.15) is 17.2 Å². The van der Waals surface area contributed by atoms with E-state index in [2.05, 4.69) is 34.0 Å². The molecule has 8 heteroatoms. The summed E-state index contributed by atoms with van der Waals surface area (Å²) in [6.07, 6.45) is 2.85. The third-order valence-corrected chi connectivity index (χ3v) is 6.02. The van der Waals surface area contributed by atoms with Gasteiger partial charge in [-0.15, -0.1) is 0 Å². The van der Waals surface area contributed by atoms with Crippen LogP contribution < -0.4 is 19.7 Å². The second kappa shape index (κ2) is 8.90. The predicted molar refractivity (Wildman–Crippen MR) is 112 cm³/mol. The number of carbonyl (C=O) groups is 1. The maximum Gasteiger partial charge on any atom is 0.231 e. The zero-order valence-corrected chi connectivity index (χ0v) is 17.6. The number of benzene rings is 1. The van der Waals surface area contributed by atoms with Crippen molar-refractivity contribution in [2.45, 2.75) is 31.8 Å². The van der Waals surface area contributed by atoms with Gasteiger partial charge >= 0.3 is 0 Å². The van der Waals surface area contributed by atoms with E-state index in [4.69, 9.17) is 9.47 Å². The van der Waals surface area contributed by atoms with E-state index in [1.807, 2.05) is 24.3 Å². The lowest BCUT2D eigenvalue weighted by atomic mass is 9.92. The first-order chi connectivity index (χ1) is 14.1. The molecule has 7 nitrogen and oxygen atoms in total. The molecule has 2 atom stereocenters. The van der Waals surface area contributed by atoms with Gasteiger partial charge in [0.15, 0.2) is 11.5 Å². The molecule has 2 aliphatic heterocycles. The summed E-state index contributed by atoms with van der Waals surface area (Å²) in [6.45, 7) is 7.30. The number of piperidine rings is 1. The fourth-order valence-electron chi connectivity index (χ4n) is 3.87. The van der Waals surface area contributed by atoms with Crippen molar-refractivity contribution in [3.63, 3.8) is 0 Å². The number of rotatable bonds is 6. The van der Waals surface area contributed by atoms with E-state index in [0.29, 0.717) is 24.1 Å². The lowest BCUT2D eigenvalue weighted by molar-refractivity contribution is -0.118. The zero-order valence-electron chi connectivity index (χ0n) is 16.8. The number of hydrogen-bond donors (Lipinski definition) is 1. The second-order valence-electron chi connectivity index (χ2n) is 7.82. The van der Waals surface area contributed by atoms with E-state index < -0.39 is 0 Å². The minimum absolute atomic E-state index is 0.0342. The molecule has 1 aromatic carbocycles. The minimum Gasteiger partial charge on any atom is -0.454 e. The Bertz CT molecular complexity index is 869. The molecular weight excluding hydrogens is 388 g/mol. The van der Waals surface area contributed by atoms with Crippen LogP contribution in [-0.2, 0) is 11.3 Å². The first kappa shape index (κ1) is 19.8. The fraction of sp³-hybridized carbons (Fsp3) is 0.476. The van der Waals surface area contributed by atoms with Gasteiger partial charge in [-0.2, -0.15) is 0 Å². The molecule has 0 unspecified atom stereocenters. The maximum atomic E-state index is 12.3. The summed E-state index contributed by atoms with van der Waals surface area (Å²) in [5, 5.41) is 3.76. The third-order valence-electron chi connectivity index (χ3n) is 5.10. The summed E-state index contributed by atoms with van der Waals surface area (Å²) in [5.41, 5.74) is 0.977. The van der Waals surface area contributed by atoms with Crippen molar-refractivity contribution >= 4 is 23.5 Å². The summed E-state index contributed by atoms with van der Waals surface area (Å²) in [6, 6.07) is 7.68. The molecule has 0 aliphatic carbocycles. The molecule has 4 rings (SSSR count). The van der Waals surface area contributed by atoms with E-state index in [1.54, 1.807) is 6.33 Å². The number of fused-ring (bicyclic) bond motifs is 1. The fourth-order valence-corrected chi connectivity index (χ4v) is 4.57. The number of thioether (sulfide) groups is 1. The molecule has 0 bridgehead atoms. The van der Waals surface area contributed by atoms with Gasteiger partial charge in [0.2, 0.25) is 12.7 Å². The monoisotopic (exact) mass is 414 g/mol. The topological polar surface area (TPSA) is 76.6 Å². The normalized spacial score (nSPS) is 20.6. The van der Waals surface area contributed by atoms with Crippen molar-refractivity contribution in [3.8, 4) is 11.5 Å². The van der Waals surface area contributed by atoms with Crippen LogP contribution >= 0.6 is 11.8 Å². The van der Waals surface area contributed by atoms with Crippen LogP contribution in [0, 0.1) is 11.8 Å². The van der Waals surface area contributed by atoms with Gasteiger partial charge in [0, 0.05) is 25.7 Å². The molecule has 0 saturated carbocycles. The van der Waals surface area contributed by atoms with Crippen LogP contribution in [0.25, 0.3) is 0 Å². The molecule has 2 aromatic rings. The van der Waals surface area contributed by atoms with E-state index in [1.165, 1.54) is 18.2 Å². The van der Waals surface area contributed by atoms with Crippen molar-refractivity contribution in [1.82, 2.24) is 15.3 Å². The van der Waals surface area contributed by atoms with Gasteiger partial charge in [-0.3, -0.25) is 4.79 Å². The first-order valence-electron chi connectivity index (χ1n) is 9.92. The van der Waals surface area contributed by atoms with Crippen LogP contribution in [0.1, 0.15) is 25.8 Å². The largest absolute Gasteiger partial charge is 0.454 e. The molecule has 1 fully saturated rings. The average molecular weight is 415 g/mol. The van der Waals surface area contributed by atoms with E-state index >= 15 is 0 Å². The van der Waals surface area contributed by atoms with Gasteiger partial charge in [-0.1, -0.05) is 31.7 Å². The highest BCUT2D eigenvalue weighted by Gasteiger charge is 2.23. The number of aromatic nitrogens is 2. The van der Waals surface area contributed by atoms with Crippen LogP contribution in [0.15, 0.2) is 35.6 Å². The lowest BCUT2D eigenvalue weighted by Gasteiger charge is -2.35. The van der Waals surface area contributed by atoms with Gasteiger partial charge in [-0.25, -0.2) is 9.97 Å². The second-order valence-corrected chi connectivity index (χ2v) is 8.81. The molecule has 2 aliphatic rings. The highest BCUT2D eigenvalue weighted by atomic mass is 32.2.